The predicted molar refractivity (Wildman–Crippen MR) is 115 cm³/mol. The summed E-state index contributed by atoms with van der Waals surface area (Å²) in [7, 11) is -2.31. The van der Waals surface area contributed by atoms with Gasteiger partial charge in [0.05, 0.1) is 20.4 Å². The summed E-state index contributed by atoms with van der Waals surface area (Å²) in [4.78, 5) is 23.0. The highest BCUT2D eigenvalue weighted by Crippen LogP contribution is 2.24. The topological polar surface area (TPSA) is 122 Å². The normalized spacial score (nSPS) is 11.5. The Bertz CT molecular complexity index is 1040. The van der Waals surface area contributed by atoms with Crippen LogP contribution in [-0.4, -0.2) is 49.7 Å². The number of rotatable bonds is 9. The van der Waals surface area contributed by atoms with E-state index in [1.165, 1.54) is 35.6 Å². The van der Waals surface area contributed by atoms with Crippen LogP contribution >= 0.6 is 11.6 Å². The molecule has 11 heteroatoms. The van der Waals surface area contributed by atoms with Crippen LogP contribution in [0.1, 0.15) is 24.2 Å². The molecule has 0 aliphatic carbocycles. The highest BCUT2D eigenvalue weighted by atomic mass is 35.5. The van der Waals surface area contributed by atoms with E-state index in [1.54, 1.807) is 32.0 Å². The molecule has 9 nitrogen and oxygen atoms in total. The Morgan fingerprint density at radius 2 is 1.87 bits per heavy atom. The maximum Gasteiger partial charge on any atom is 0.292 e. The third-order valence-electron chi connectivity index (χ3n) is 4.41. The number of nitro groups is 1. The van der Waals surface area contributed by atoms with E-state index >= 15 is 0 Å². The number of carbonyl (C=O) groups excluding carboxylic acids is 1. The van der Waals surface area contributed by atoms with Crippen LogP contribution in [0.5, 0.6) is 0 Å². The summed E-state index contributed by atoms with van der Waals surface area (Å²) >= 11 is 6.09. The van der Waals surface area contributed by atoms with Crippen molar-refractivity contribution in [3.05, 3.63) is 63.2 Å². The molecule has 0 fully saturated rings. The fourth-order valence-electron chi connectivity index (χ4n) is 2.53. The Labute approximate surface area is 180 Å². The number of nitro benzene ring substituents is 1. The SMILES string of the molecule is CC(C)N(C)S(=O)(=O)c1ccc(Cl)c(C(=O)NCCNc2ccccc2[N+](=O)[O-])c1. The van der Waals surface area contributed by atoms with Gasteiger partial charge in [-0.15, -0.1) is 0 Å². The van der Waals surface area contributed by atoms with Crippen molar-refractivity contribution in [2.24, 2.45) is 0 Å². The van der Waals surface area contributed by atoms with Crippen molar-refractivity contribution < 1.29 is 18.1 Å². The van der Waals surface area contributed by atoms with Crippen LogP contribution in [0.2, 0.25) is 5.02 Å². The Balaban J connectivity index is 2.07. The molecule has 0 aromatic heterocycles. The van der Waals surface area contributed by atoms with Crippen molar-refractivity contribution in [1.29, 1.82) is 0 Å². The number of halogens is 1. The fourth-order valence-corrected chi connectivity index (χ4v) is 4.13. The second-order valence-electron chi connectivity index (χ2n) is 6.71. The molecule has 2 aromatic carbocycles. The molecule has 0 spiro atoms. The summed E-state index contributed by atoms with van der Waals surface area (Å²) < 4.78 is 26.5. The van der Waals surface area contributed by atoms with Gasteiger partial charge in [0.2, 0.25) is 10.0 Å². The number of para-hydroxylation sites is 2. The smallest absolute Gasteiger partial charge is 0.292 e. The summed E-state index contributed by atoms with van der Waals surface area (Å²) in [6.07, 6.45) is 0. The number of hydrogen-bond donors (Lipinski definition) is 2. The van der Waals surface area contributed by atoms with Crippen LogP contribution in [0, 0.1) is 10.1 Å². The monoisotopic (exact) mass is 454 g/mol. The van der Waals surface area contributed by atoms with Crippen LogP contribution in [0.25, 0.3) is 0 Å². The van der Waals surface area contributed by atoms with Crippen molar-refractivity contribution in [3.8, 4) is 0 Å². The molecule has 1 amide bonds. The Morgan fingerprint density at radius 1 is 1.20 bits per heavy atom. The van der Waals surface area contributed by atoms with E-state index in [0.29, 0.717) is 5.69 Å². The minimum atomic E-state index is -3.77. The Kier molecular flexibility index (Phi) is 7.77. The molecule has 0 unspecified atom stereocenters. The fraction of sp³-hybridized carbons (Fsp3) is 0.316. The van der Waals surface area contributed by atoms with E-state index in [9.17, 15) is 23.3 Å². The Morgan fingerprint density at radius 3 is 2.50 bits per heavy atom. The maximum atomic E-state index is 12.7. The number of hydrogen-bond acceptors (Lipinski definition) is 6. The number of benzene rings is 2. The van der Waals surface area contributed by atoms with E-state index in [2.05, 4.69) is 10.6 Å². The quantitative estimate of drug-likeness (QED) is 0.341. The van der Waals surface area contributed by atoms with Gasteiger partial charge in [-0.2, -0.15) is 4.31 Å². The van der Waals surface area contributed by atoms with Crippen molar-refractivity contribution in [1.82, 2.24) is 9.62 Å². The largest absolute Gasteiger partial charge is 0.378 e. The number of anilines is 1. The third kappa shape index (κ3) is 5.47. The van der Waals surface area contributed by atoms with Gasteiger partial charge in [0, 0.05) is 32.2 Å². The average molecular weight is 455 g/mol. The number of carbonyl (C=O) groups is 1. The molecule has 162 valence electrons. The zero-order valence-corrected chi connectivity index (χ0v) is 18.3. The van der Waals surface area contributed by atoms with Crippen LogP contribution in [0.15, 0.2) is 47.4 Å². The standard InChI is InChI=1S/C19H23ClN4O5S/c1-13(2)23(3)30(28,29)14-8-9-16(20)15(12-14)19(25)22-11-10-21-17-6-4-5-7-18(17)24(26)27/h4-9,12-13,21H,10-11H2,1-3H3,(H,22,25). The summed E-state index contributed by atoms with van der Waals surface area (Å²) in [5, 5.41) is 16.6. The van der Waals surface area contributed by atoms with E-state index in [-0.39, 0.29) is 40.3 Å². The zero-order chi connectivity index (χ0) is 22.5. The van der Waals surface area contributed by atoms with Crippen molar-refractivity contribution in [2.45, 2.75) is 24.8 Å². The molecule has 30 heavy (non-hydrogen) atoms. The Hall–Kier alpha value is -2.69. The molecule has 0 saturated heterocycles. The first-order valence-electron chi connectivity index (χ1n) is 9.08. The van der Waals surface area contributed by atoms with E-state index in [0.717, 1.165) is 0 Å². The highest BCUT2D eigenvalue weighted by Gasteiger charge is 2.25. The molecule has 0 heterocycles. The summed E-state index contributed by atoms with van der Waals surface area (Å²) in [5.74, 6) is -0.548. The molecule has 0 radical (unpaired) electrons. The number of nitrogens with one attached hydrogen (secondary N) is 2. The van der Waals surface area contributed by atoms with E-state index in [1.807, 2.05) is 0 Å². The second kappa shape index (κ2) is 9.88. The van der Waals surface area contributed by atoms with Crippen molar-refractivity contribution in [2.75, 3.05) is 25.5 Å². The van der Waals surface area contributed by atoms with Gasteiger partial charge in [-0.3, -0.25) is 14.9 Å². The highest BCUT2D eigenvalue weighted by molar-refractivity contribution is 7.89. The molecule has 2 N–H and O–H groups in total. The maximum absolute atomic E-state index is 12.7. The van der Waals surface area contributed by atoms with Crippen LogP contribution in [0.4, 0.5) is 11.4 Å². The van der Waals surface area contributed by atoms with E-state index < -0.39 is 20.9 Å². The summed E-state index contributed by atoms with van der Waals surface area (Å²) in [6.45, 7) is 3.85. The van der Waals surface area contributed by atoms with Crippen molar-refractivity contribution in [3.63, 3.8) is 0 Å². The molecule has 0 atom stereocenters. The first-order valence-corrected chi connectivity index (χ1v) is 10.9. The van der Waals surface area contributed by atoms with Gasteiger partial charge in [0.25, 0.3) is 11.6 Å². The van der Waals surface area contributed by atoms with Gasteiger partial charge < -0.3 is 10.6 Å². The minimum Gasteiger partial charge on any atom is -0.378 e. The molecule has 0 bridgehead atoms. The lowest BCUT2D eigenvalue weighted by Gasteiger charge is -2.21. The molecule has 0 saturated carbocycles. The minimum absolute atomic E-state index is 0.0283. The predicted octanol–water partition coefficient (Wildman–Crippen LogP) is 3.12. The lowest BCUT2D eigenvalue weighted by atomic mass is 10.2. The van der Waals surface area contributed by atoms with Crippen molar-refractivity contribution >= 4 is 38.9 Å². The van der Waals surface area contributed by atoms with Gasteiger partial charge in [0.15, 0.2) is 0 Å². The molecule has 0 aliphatic rings. The lowest BCUT2D eigenvalue weighted by molar-refractivity contribution is -0.384. The number of amides is 1. The first-order chi connectivity index (χ1) is 14.1. The number of sulfonamides is 1. The lowest BCUT2D eigenvalue weighted by Crippen LogP contribution is -2.33. The van der Waals surface area contributed by atoms with Crippen LogP contribution in [0.3, 0.4) is 0 Å². The molecular formula is C19H23ClN4O5S. The first kappa shape index (κ1) is 23.6. The van der Waals surface area contributed by atoms with Crippen LogP contribution in [-0.2, 0) is 10.0 Å². The summed E-state index contributed by atoms with van der Waals surface area (Å²) in [5.41, 5.74) is 0.291. The average Bonchev–Trinajstić information content (AvgIpc) is 2.70. The van der Waals surface area contributed by atoms with Gasteiger partial charge in [-0.1, -0.05) is 23.7 Å². The molecule has 2 aromatic rings. The third-order valence-corrected chi connectivity index (χ3v) is 6.77. The van der Waals surface area contributed by atoms with E-state index in [4.69, 9.17) is 11.6 Å². The van der Waals surface area contributed by atoms with Gasteiger partial charge in [-0.25, -0.2) is 8.42 Å². The number of nitrogens with zero attached hydrogens (tertiary/aromatic N) is 2. The van der Waals surface area contributed by atoms with Gasteiger partial charge in [-0.05, 0) is 38.1 Å². The molecule has 2 rings (SSSR count). The molecular weight excluding hydrogens is 432 g/mol. The van der Waals surface area contributed by atoms with Crippen LogP contribution < -0.4 is 10.6 Å². The van der Waals surface area contributed by atoms with Gasteiger partial charge >= 0.3 is 0 Å². The summed E-state index contributed by atoms with van der Waals surface area (Å²) in [6, 6.07) is 9.86. The van der Waals surface area contributed by atoms with Gasteiger partial charge in [0.1, 0.15) is 5.69 Å². The molecule has 0 aliphatic heterocycles. The second-order valence-corrected chi connectivity index (χ2v) is 9.12. The zero-order valence-electron chi connectivity index (χ0n) is 16.8.